The van der Waals surface area contributed by atoms with Crippen molar-refractivity contribution >= 4 is 49.8 Å². The van der Waals surface area contributed by atoms with Gasteiger partial charge in [0.25, 0.3) is 0 Å². The number of hydrogen-bond acceptors (Lipinski definition) is 9. The summed E-state index contributed by atoms with van der Waals surface area (Å²) in [6.07, 6.45) is 0. The second kappa shape index (κ2) is 9.23. The Bertz CT molecular complexity index is 1120. The molecule has 3 aromatic rings. The predicted octanol–water partition coefficient (Wildman–Crippen LogP) is 3.05. The van der Waals surface area contributed by atoms with E-state index >= 15 is 0 Å². The first-order valence-electron chi connectivity index (χ1n) is 7.67. The summed E-state index contributed by atoms with van der Waals surface area (Å²) in [5.74, 6) is 0. The maximum absolute atomic E-state index is 11.0. The molecule has 1 aromatic carbocycles. The number of aromatic nitrogens is 4. The fourth-order valence-electron chi connectivity index (χ4n) is 2.29. The Morgan fingerprint density at radius 3 is 2.52 bits per heavy atom. The SMILES string of the molecule is Cc1nn(Cc2nnc(Nc3cccc(Cl)c3)s2)c(C)c1[N+](=O)[O-].O=S(=O)(O)O. The van der Waals surface area contributed by atoms with E-state index in [1.165, 1.54) is 11.3 Å². The number of aryl methyl sites for hydroxylation is 1. The smallest absolute Gasteiger partial charge is 0.330 e. The summed E-state index contributed by atoms with van der Waals surface area (Å²) >= 11 is 7.30. The molecule has 0 saturated carbocycles. The van der Waals surface area contributed by atoms with Crippen molar-refractivity contribution in [3.8, 4) is 0 Å². The molecule has 0 amide bonds. The van der Waals surface area contributed by atoms with Gasteiger partial charge >= 0.3 is 16.1 Å². The monoisotopic (exact) mass is 462 g/mol. The van der Waals surface area contributed by atoms with Gasteiger partial charge in [-0.25, -0.2) is 0 Å². The first-order chi connectivity index (χ1) is 13.4. The van der Waals surface area contributed by atoms with Gasteiger partial charge in [-0.15, -0.1) is 10.2 Å². The maximum atomic E-state index is 11.0. The van der Waals surface area contributed by atoms with Crippen molar-refractivity contribution in [2.45, 2.75) is 20.4 Å². The lowest BCUT2D eigenvalue weighted by atomic mass is 10.3. The Kier molecular flexibility index (Phi) is 7.21. The van der Waals surface area contributed by atoms with Gasteiger partial charge in [-0.3, -0.25) is 23.9 Å². The van der Waals surface area contributed by atoms with Crippen molar-refractivity contribution in [3.63, 3.8) is 0 Å². The molecule has 3 rings (SSSR count). The highest BCUT2D eigenvalue weighted by Gasteiger charge is 2.22. The molecule has 2 heterocycles. The summed E-state index contributed by atoms with van der Waals surface area (Å²) in [6, 6.07) is 7.28. The lowest BCUT2D eigenvalue weighted by Gasteiger charge is -2.01. The molecule has 0 unspecified atom stereocenters. The highest BCUT2D eigenvalue weighted by atomic mass is 35.5. The van der Waals surface area contributed by atoms with Crippen LogP contribution in [-0.4, -0.2) is 42.4 Å². The number of rotatable bonds is 5. The van der Waals surface area contributed by atoms with Gasteiger partial charge in [-0.1, -0.05) is 29.0 Å². The molecule has 0 fully saturated rings. The van der Waals surface area contributed by atoms with Crippen LogP contribution in [0.4, 0.5) is 16.5 Å². The van der Waals surface area contributed by atoms with Gasteiger partial charge < -0.3 is 5.32 Å². The number of nitro groups is 1. The third-order valence-electron chi connectivity index (χ3n) is 3.35. The minimum Gasteiger partial charge on any atom is -0.330 e. The van der Waals surface area contributed by atoms with Crippen LogP contribution < -0.4 is 5.32 Å². The van der Waals surface area contributed by atoms with Crippen molar-refractivity contribution in [3.05, 3.63) is 55.8 Å². The number of nitrogens with one attached hydrogen (secondary N) is 1. The minimum atomic E-state index is -4.67. The maximum Gasteiger partial charge on any atom is 0.394 e. The Morgan fingerprint density at radius 2 is 1.97 bits per heavy atom. The van der Waals surface area contributed by atoms with Crippen LogP contribution in [0.2, 0.25) is 5.02 Å². The Hall–Kier alpha value is -2.65. The zero-order chi connectivity index (χ0) is 21.8. The average molecular weight is 463 g/mol. The van der Waals surface area contributed by atoms with E-state index in [0.29, 0.717) is 33.1 Å². The Balaban J connectivity index is 0.000000537. The molecule has 29 heavy (non-hydrogen) atoms. The van der Waals surface area contributed by atoms with E-state index in [1.807, 2.05) is 12.1 Å². The van der Waals surface area contributed by atoms with Crippen LogP contribution in [0.25, 0.3) is 0 Å². The summed E-state index contributed by atoms with van der Waals surface area (Å²) < 4.78 is 33.1. The summed E-state index contributed by atoms with van der Waals surface area (Å²) in [7, 11) is -4.67. The average Bonchev–Trinajstić information content (AvgIpc) is 3.10. The Morgan fingerprint density at radius 1 is 1.31 bits per heavy atom. The van der Waals surface area contributed by atoms with Crippen LogP contribution in [0, 0.1) is 24.0 Å². The minimum absolute atomic E-state index is 0.0387. The van der Waals surface area contributed by atoms with Gasteiger partial charge in [0.05, 0.1) is 11.5 Å². The molecule has 0 bridgehead atoms. The summed E-state index contributed by atoms with van der Waals surface area (Å²) in [4.78, 5) is 10.6. The standard InChI is InChI=1S/C14H13ClN6O2S.H2O4S/c1-8-13(21(22)23)9(2)20(19-8)7-12-17-18-14(24-12)16-11-5-3-4-10(15)6-11;1-5(2,3)4/h3-6H,7H2,1-2H3,(H,16,18);(H2,1,2,3,4). The molecule has 0 spiro atoms. The van der Waals surface area contributed by atoms with E-state index in [1.54, 1.807) is 30.7 Å². The lowest BCUT2D eigenvalue weighted by Crippen LogP contribution is -2.04. The van der Waals surface area contributed by atoms with Gasteiger partial charge in [-0.05, 0) is 32.0 Å². The molecule has 156 valence electrons. The molecule has 0 atom stereocenters. The predicted molar refractivity (Wildman–Crippen MR) is 106 cm³/mol. The summed E-state index contributed by atoms with van der Waals surface area (Å²) in [5.41, 5.74) is 1.74. The van der Waals surface area contributed by atoms with Crippen LogP contribution in [0.1, 0.15) is 16.4 Å². The van der Waals surface area contributed by atoms with E-state index in [9.17, 15) is 10.1 Å². The van der Waals surface area contributed by atoms with E-state index < -0.39 is 15.3 Å². The number of hydrogen-bond donors (Lipinski definition) is 3. The molecule has 3 N–H and O–H groups in total. The topological polar surface area (TPSA) is 173 Å². The molecule has 0 aliphatic carbocycles. The van der Waals surface area contributed by atoms with E-state index in [0.717, 1.165) is 5.69 Å². The van der Waals surface area contributed by atoms with E-state index in [2.05, 4.69) is 20.6 Å². The number of benzene rings is 1. The van der Waals surface area contributed by atoms with Crippen molar-refractivity contribution < 1.29 is 22.4 Å². The first-order valence-corrected chi connectivity index (χ1v) is 10.3. The molecule has 12 nitrogen and oxygen atoms in total. The van der Waals surface area contributed by atoms with Crippen LogP contribution in [-0.2, 0) is 16.9 Å². The molecule has 0 aliphatic rings. The second-order valence-corrected chi connectivity index (χ2v) is 7.91. The third kappa shape index (κ3) is 7.03. The van der Waals surface area contributed by atoms with Gasteiger partial charge in [0, 0.05) is 10.7 Å². The van der Waals surface area contributed by atoms with Crippen LogP contribution in [0.5, 0.6) is 0 Å². The van der Waals surface area contributed by atoms with Crippen molar-refractivity contribution in [1.82, 2.24) is 20.0 Å². The quantitative estimate of drug-likeness (QED) is 0.290. The van der Waals surface area contributed by atoms with Crippen LogP contribution in [0.15, 0.2) is 24.3 Å². The van der Waals surface area contributed by atoms with Crippen molar-refractivity contribution in [1.29, 1.82) is 0 Å². The first kappa shape index (κ1) is 22.6. The summed E-state index contributed by atoms with van der Waals surface area (Å²) in [6.45, 7) is 3.62. The normalized spacial score (nSPS) is 10.9. The van der Waals surface area contributed by atoms with Gasteiger partial charge in [0.15, 0.2) is 0 Å². The lowest BCUT2D eigenvalue weighted by molar-refractivity contribution is -0.386. The zero-order valence-corrected chi connectivity index (χ0v) is 17.4. The number of nitrogens with zero attached hydrogens (tertiary/aromatic N) is 5. The van der Waals surface area contributed by atoms with Crippen molar-refractivity contribution in [2.75, 3.05) is 5.32 Å². The molecular weight excluding hydrogens is 448 g/mol. The highest BCUT2D eigenvalue weighted by Crippen LogP contribution is 2.26. The van der Waals surface area contributed by atoms with Gasteiger partial charge in [-0.2, -0.15) is 13.5 Å². The Labute approximate surface area is 173 Å². The molecule has 2 aromatic heterocycles. The largest absolute Gasteiger partial charge is 0.394 e. The number of anilines is 2. The van der Waals surface area contributed by atoms with Crippen LogP contribution in [0.3, 0.4) is 0 Å². The molecule has 0 saturated heterocycles. The third-order valence-corrected chi connectivity index (χ3v) is 4.41. The summed E-state index contributed by atoms with van der Waals surface area (Å²) in [5, 5.41) is 28.5. The molecule has 15 heteroatoms. The molecular formula is C14H15ClN6O6S2. The second-order valence-electron chi connectivity index (χ2n) is 5.52. The zero-order valence-electron chi connectivity index (χ0n) is 15.0. The van der Waals surface area contributed by atoms with Crippen molar-refractivity contribution in [2.24, 2.45) is 0 Å². The molecule has 0 aliphatic heterocycles. The van der Waals surface area contributed by atoms with Gasteiger partial charge in [0.2, 0.25) is 5.13 Å². The number of halogens is 1. The van der Waals surface area contributed by atoms with Crippen LogP contribution >= 0.6 is 22.9 Å². The fraction of sp³-hybridized carbons (Fsp3) is 0.214. The van der Waals surface area contributed by atoms with Gasteiger partial charge in [0.1, 0.15) is 16.4 Å². The molecule has 0 radical (unpaired) electrons. The highest BCUT2D eigenvalue weighted by molar-refractivity contribution is 7.79. The van der Waals surface area contributed by atoms with E-state index in [4.69, 9.17) is 29.1 Å². The fourth-order valence-corrected chi connectivity index (χ4v) is 3.22. The van der Waals surface area contributed by atoms with E-state index in [-0.39, 0.29) is 5.69 Å².